The van der Waals surface area contributed by atoms with E-state index in [1.807, 2.05) is 0 Å². The molecule has 0 fully saturated rings. The third-order valence-corrected chi connectivity index (χ3v) is 7.87. The molecule has 0 bridgehead atoms. The van der Waals surface area contributed by atoms with Crippen molar-refractivity contribution < 1.29 is 9.72 Å². The molecule has 2 aromatic rings. The minimum atomic E-state index is -0.397. The molecule has 2 heterocycles. The molecule has 2 N–H and O–H groups in total. The van der Waals surface area contributed by atoms with E-state index in [2.05, 4.69) is 31.4 Å². The van der Waals surface area contributed by atoms with Crippen molar-refractivity contribution in [2.45, 2.75) is 52.6 Å². The molecule has 0 radical (unpaired) electrons. The van der Waals surface area contributed by atoms with E-state index in [9.17, 15) is 14.9 Å². The summed E-state index contributed by atoms with van der Waals surface area (Å²) in [7, 11) is 0. The van der Waals surface area contributed by atoms with Gasteiger partial charge >= 0.3 is 0 Å². The molecular weight excluding hydrogens is 398 g/mol. The van der Waals surface area contributed by atoms with Crippen molar-refractivity contribution in [2.75, 3.05) is 5.32 Å². The largest absolute Gasteiger partial charge is 0.353 e. The molecule has 7 heteroatoms. The molecule has 2 unspecified atom stereocenters. The Labute approximate surface area is 180 Å². The number of carbonyl (C=O) groups excluding carboxylic acids is 1. The van der Waals surface area contributed by atoms with Gasteiger partial charge < -0.3 is 10.6 Å². The van der Waals surface area contributed by atoms with Gasteiger partial charge in [0.2, 0.25) is 0 Å². The molecule has 4 rings (SSSR count). The summed E-state index contributed by atoms with van der Waals surface area (Å²) in [4.78, 5) is 25.0. The second-order valence-corrected chi connectivity index (χ2v) is 9.87. The quantitative estimate of drug-likeness (QED) is 0.497. The average molecular weight is 426 g/mol. The molecule has 0 spiro atoms. The number of para-hydroxylation sites is 1. The lowest BCUT2D eigenvalue weighted by Gasteiger charge is -2.36. The summed E-state index contributed by atoms with van der Waals surface area (Å²) < 4.78 is 0. The van der Waals surface area contributed by atoms with Gasteiger partial charge in [-0.3, -0.25) is 14.9 Å². The van der Waals surface area contributed by atoms with Crippen LogP contribution in [0.1, 0.15) is 60.0 Å². The molecule has 2 aliphatic rings. The van der Waals surface area contributed by atoms with Crippen molar-refractivity contribution >= 4 is 34.0 Å². The summed E-state index contributed by atoms with van der Waals surface area (Å²) in [6, 6.07) is 6.58. The molecule has 0 saturated heterocycles. The van der Waals surface area contributed by atoms with Crippen molar-refractivity contribution in [3.05, 3.63) is 62.0 Å². The number of nitro benzene ring substituents is 1. The molecule has 2 atom stereocenters. The van der Waals surface area contributed by atoms with Gasteiger partial charge in [-0.05, 0) is 54.4 Å². The standard InChI is InChI=1S/C23H27N3O3S/c1-4-23(2,3)15-10-11-16-18(13-15)30-22-20(16)21(27)24-19(25-22)12-9-14-7-5-6-8-17(14)26(28)29/h5-9,12,15,19,25H,4,10-11,13H2,1-3H3,(H,24,27). The zero-order valence-corrected chi connectivity index (χ0v) is 18.3. The van der Waals surface area contributed by atoms with E-state index in [0.717, 1.165) is 36.2 Å². The number of anilines is 1. The molecule has 1 aromatic heterocycles. The SMILES string of the molecule is CCC(C)(C)C1CCc2c(sc3c2C(=O)NC(C=Cc2ccccc2[N+](=O)[O-])N3)C1. The van der Waals surface area contributed by atoms with Crippen LogP contribution < -0.4 is 10.6 Å². The van der Waals surface area contributed by atoms with Crippen LogP contribution in [0, 0.1) is 21.4 Å². The van der Waals surface area contributed by atoms with Crippen molar-refractivity contribution in [2.24, 2.45) is 11.3 Å². The van der Waals surface area contributed by atoms with Gasteiger partial charge in [-0.1, -0.05) is 39.3 Å². The Morgan fingerprint density at radius 2 is 2.07 bits per heavy atom. The van der Waals surface area contributed by atoms with Crippen LogP contribution in [-0.4, -0.2) is 17.0 Å². The van der Waals surface area contributed by atoms with E-state index in [4.69, 9.17) is 0 Å². The first-order chi connectivity index (χ1) is 14.3. The van der Waals surface area contributed by atoms with E-state index >= 15 is 0 Å². The maximum Gasteiger partial charge on any atom is 0.276 e. The van der Waals surface area contributed by atoms with E-state index in [-0.39, 0.29) is 11.6 Å². The summed E-state index contributed by atoms with van der Waals surface area (Å²) in [6.45, 7) is 6.92. The Kier molecular flexibility index (Phi) is 5.40. The summed E-state index contributed by atoms with van der Waals surface area (Å²) in [5.74, 6) is 0.569. The predicted molar refractivity (Wildman–Crippen MR) is 121 cm³/mol. The lowest BCUT2D eigenvalue weighted by molar-refractivity contribution is -0.385. The van der Waals surface area contributed by atoms with Crippen LogP contribution in [0.4, 0.5) is 10.7 Å². The fourth-order valence-electron chi connectivity index (χ4n) is 4.37. The van der Waals surface area contributed by atoms with E-state index < -0.39 is 11.1 Å². The molecule has 1 amide bonds. The number of hydrogen-bond acceptors (Lipinski definition) is 5. The number of benzene rings is 1. The summed E-state index contributed by atoms with van der Waals surface area (Å²) in [6.07, 6.45) is 7.30. The molecule has 0 saturated carbocycles. The Balaban J connectivity index is 1.56. The second kappa shape index (κ2) is 7.87. The number of nitro groups is 1. The first-order valence-electron chi connectivity index (χ1n) is 10.4. The van der Waals surface area contributed by atoms with Crippen molar-refractivity contribution in [1.29, 1.82) is 0 Å². The normalized spacial score (nSPS) is 21.0. The van der Waals surface area contributed by atoms with Crippen LogP contribution in [0.3, 0.4) is 0 Å². The highest BCUT2D eigenvalue weighted by Crippen LogP contribution is 2.46. The molecule has 1 aromatic carbocycles. The number of thiophene rings is 1. The highest BCUT2D eigenvalue weighted by atomic mass is 32.1. The summed E-state index contributed by atoms with van der Waals surface area (Å²) in [5.41, 5.74) is 2.85. The average Bonchev–Trinajstić information content (AvgIpc) is 3.10. The molecule has 1 aliphatic heterocycles. The Morgan fingerprint density at radius 1 is 1.30 bits per heavy atom. The number of amides is 1. The van der Waals surface area contributed by atoms with Crippen molar-refractivity contribution in [1.82, 2.24) is 5.32 Å². The maximum absolute atomic E-state index is 12.9. The van der Waals surface area contributed by atoms with Gasteiger partial charge in [-0.2, -0.15) is 0 Å². The van der Waals surface area contributed by atoms with Crippen molar-refractivity contribution in [3.8, 4) is 0 Å². The maximum atomic E-state index is 12.9. The third-order valence-electron chi connectivity index (χ3n) is 6.68. The molecule has 30 heavy (non-hydrogen) atoms. The van der Waals surface area contributed by atoms with Crippen LogP contribution in [0.25, 0.3) is 6.08 Å². The van der Waals surface area contributed by atoms with Gasteiger partial charge in [0.05, 0.1) is 16.1 Å². The van der Waals surface area contributed by atoms with Crippen LogP contribution in [-0.2, 0) is 12.8 Å². The first kappa shape index (κ1) is 20.6. The summed E-state index contributed by atoms with van der Waals surface area (Å²) in [5, 5.41) is 18.5. The van der Waals surface area contributed by atoms with Gasteiger partial charge in [-0.15, -0.1) is 11.3 Å². The summed E-state index contributed by atoms with van der Waals surface area (Å²) >= 11 is 1.69. The highest BCUT2D eigenvalue weighted by molar-refractivity contribution is 7.16. The van der Waals surface area contributed by atoms with Crippen LogP contribution in [0.5, 0.6) is 0 Å². The topological polar surface area (TPSA) is 84.3 Å². The van der Waals surface area contributed by atoms with Crippen LogP contribution in [0.15, 0.2) is 30.3 Å². The number of fused-ring (bicyclic) bond motifs is 3. The number of nitrogens with zero attached hydrogens (tertiary/aromatic N) is 1. The van der Waals surface area contributed by atoms with Gasteiger partial charge in [0.1, 0.15) is 11.2 Å². The van der Waals surface area contributed by atoms with Gasteiger partial charge in [0.15, 0.2) is 0 Å². The molecule has 6 nitrogen and oxygen atoms in total. The van der Waals surface area contributed by atoms with E-state index in [1.54, 1.807) is 41.7 Å². The first-order valence-corrected chi connectivity index (χ1v) is 11.3. The van der Waals surface area contributed by atoms with Crippen LogP contribution >= 0.6 is 11.3 Å². The lowest BCUT2D eigenvalue weighted by atomic mass is 9.69. The zero-order chi connectivity index (χ0) is 21.5. The Morgan fingerprint density at radius 3 is 2.80 bits per heavy atom. The van der Waals surface area contributed by atoms with Gasteiger partial charge in [-0.25, -0.2) is 0 Å². The molecule has 158 valence electrons. The molecular formula is C23H27N3O3S. The number of carbonyl (C=O) groups is 1. The zero-order valence-electron chi connectivity index (χ0n) is 17.5. The highest BCUT2D eigenvalue weighted by Gasteiger charge is 2.36. The Hall–Kier alpha value is -2.67. The fourth-order valence-corrected chi connectivity index (χ4v) is 5.73. The number of rotatable bonds is 5. The van der Waals surface area contributed by atoms with E-state index in [1.165, 1.54) is 16.5 Å². The minimum Gasteiger partial charge on any atom is -0.353 e. The fraction of sp³-hybridized carbons (Fsp3) is 0.435. The van der Waals surface area contributed by atoms with E-state index in [0.29, 0.717) is 16.9 Å². The minimum absolute atomic E-state index is 0.0488. The molecule has 1 aliphatic carbocycles. The number of nitrogens with one attached hydrogen (secondary N) is 2. The number of hydrogen-bond donors (Lipinski definition) is 2. The third kappa shape index (κ3) is 3.74. The monoisotopic (exact) mass is 425 g/mol. The smallest absolute Gasteiger partial charge is 0.276 e. The van der Waals surface area contributed by atoms with Crippen molar-refractivity contribution in [3.63, 3.8) is 0 Å². The Bertz CT molecular complexity index is 1020. The van der Waals surface area contributed by atoms with Gasteiger partial charge in [0.25, 0.3) is 11.6 Å². The van der Waals surface area contributed by atoms with Crippen LogP contribution in [0.2, 0.25) is 0 Å². The second-order valence-electron chi connectivity index (χ2n) is 8.76. The predicted octanol–water partition coefficient (Wildman–Crippen LogP) is 5.39. The van der Waals surface area contributed by atoms with Gasteiger partial charge in [0, 0.05) is 10.9 Å². The lowest BCUT2D eigenvalue weighted by Crippen LogP contribution is -2.43.